The Morgan fingerprint density at radius 3 is 2.68 bits per heavy atom. The minimum absolute atomic E-state index is 0.173. The minimum atomic E-state index is 0.173. The largest absolute Gasteiger partial charge is 0.473 e. The van der Waals surface area contributed by atoms with E-state index in [2.05, 4.69) is 20.0 Å². The summed E-state index contributed by atoms with van der Waals surface area (Å²) >= 11 is 6.06. The number of rotatable bonds is 4. The molecule has 1 saturated carbocycles. The molecule has 0 amide bonds. The number of halogens is 1. The van der Waals surface area contributed by atoms with Crippen molar-refractivity contribution in [2.45, 2.75) is 51.3 Å². The number of hydrogen-bond donors (Lipinski definition) is 0. The van der Waals surface area contributed by atoms with Crippen molar-refractivity contribution in [3.63, 3.8) is 0 Å². The first-order chi connectivity index (χ1) is 12.2. The average Bonchev–Trinajstić information content (AvgIpc) is 3.06. The Kier molecular flexibility index (Phi) is 5.05. The smallest absolute Gasteiger partial charge is 0.244 e. The maximum absolute atomic E-state index is 6.25. The molecule has 25 heavy (non-hydrogen) atoms. The van der Waals surface area contributed by atoms with Gasteiger partial charge in [-0.1, -0.05) is 0 Å². The zero-order chi connectivity index (χ0) is 17.2. The molecule has 1 saturated heterocycles. The van der Waals surface area contributed by atoms with E-state index in [1.54, 1.807) is 6.20 Å². The fraction of sp³-hybridized carbons (Fsp3) is 0.706. The molecule has 0 unspecified atom stereocenters. The van der Waals surface area contributed by atoms with Crippen molar-refractivity contribution >= 4 is 22.6 Å². The summed E-state index contributed by atoms with van der Waals surface area (Å²) in [5.41, 5.74) is 1.57. The zero-order valence-corrected chi connectivity index (χ0v) is 15.3. The Morgan fingerprint density at radius 1 is 1.20 bits per heavy atom. The maximum atomic E-state index is 6.25. The van der Waals surface area contributed by atoms with Crippen LogP contribution >= 0.6 is 11.6 Å². The Bertz CT molecular complexity index is 723. The van der Waals surface area contributed by atoms with Gasteiger partial charge < -0.3 is 9.47 Å². The second-order valence-electron chi connectivity index (χ2n) is 6.69. The second kappa shape index (κ2) is 7.43. The van der Waals surface area contributed by atoms with Crippen LogP contribution in [-0.4, -0.2) is 63.1 Å². The highest BCUT2D eigenvalue weighted by molar-refractivity contribution is 6.28. The van der Waals surface area contributed by atoms with E-state index in [1.165, 1.54) is 0 Å². The molecule has 2 aliphatic rings. The van der Waals surface area contributed by atoms with Crippen LogP contribution in [0.15, 0.2) is 6.20 Å². The van der Waals surface area contributed by atoms with E-state index in [0.717, 1.165) is 69.6 Å². The van der Waals surface area contributed by atoms with Crippen molar-refractivity contribution in [1.29, 1.82) is 0 Å². The first-order valence-electron chi connectivity index (χ1n) is 9.12. The first kappa shape index (κ1) is 17.0. The third-order valence-electron chi connectivity index (χ3n) is 5.21. The predicted octanol–water partition coefficient (Wildman–Crippen LogP) is 2.52. The lowest BCUT2D eigenvalue weighted by atomic mass is 9.91. The standard InChI is InChI=1S/C17H24ClN5O2/c1-2-23-15-14(11-19-23)20-17(18)21-16(15)25-13-5-3-12(4-6-13)22-7-9-24-10-8-22/h11-13H,2-10H2,1H3/t12-,13-. The molecule has 2 aromatic rings. The highest BCUT2D eigenvalue weighted by Gasteiger charge is 2.28. The summed E-state index contributed by atoms with van der Waals surface area (Å²) in [6.45, 7) is 6.60. The molecular formula is C17H24ClN5O2. The van der Waals surface area contributed by atoms with Crippen LogP contribution in [-0.2, 0) is 11.3 Å². The maximum Gasteiger partial charge on any atom is 0.244 e. The molecule has 0 bridgehead atoms. The molecule has 0 aromatic carbocycles. The Labute approximate surface area is 152 Å². The van der Waals surface area contributed by atoms with Crippen LogP contribution < -0.4 is 4.74 Å². The number of hydrogen-bond acceptors (Lipinski definition) is 6. The molecule has 0 N–H and O–H groups in total. The lowest BCUT2D eigenvalue weighted by Gasteiger charge is -2.38. The lowest BCUT2D eigenvalue weighted by Crippen LogP contribution is -2.46. The van der Waals surface area contributed by atoms with Crippen LogP contribution in [0, 0.1) is 0 Å². The van der Waals surface area contributed by atoms with Crippen molar-refractivity contribution in [2.24, 2.45) is 0 Å². The Morgan fingerprint density at radius 2 is 1.96 bits per heavy atom. The number of morpholine rings is 1. The molecule has 2 aromatic heterocycles. The van der Waals surface area contributed by atoms with E-state index in [9.17, 15) is 0 Å². The average molecular weight is 366 g/mol. The van der Waals surface area contributed by atoms with Gasteiger partial charge in [-0.2, -0.15) is 10.1 Å². The molecule has 0 atom stereocenters. The number of aromatic nitrogens is 4. The van der Waals surface area contributed by atoms with Gasteiger partial charge in [-0.3, -0.25) is 9.58 Å². The third kappa shape index (κ3) is 3.59. The molecule has 0 radical (unpaired) electrons. The van der Waals surface area contributed by atoms with E-state index < -0.39 is 0 Å². The molecule has 4 rings (SSSR count). The summed E-state index contributed by atoms with van der Waals surface area (Å²) in [5.74, 6) is 0.559. The van der Waals surface area contributed by atoms with E-state index in [-0.39, 0.29) is 11.4 Å². The highest BCUT2D eigenvalue weighted by atomic mass is 35.5. The van der Waals surface area contributed by atoms with Gasteiger partial charge in [-0.25, -0.2) is 4.98 Å². The van der Waals surface area contributed by atoms with Gasteiger partial charge in [0, 0.05) is 25.7 Å². The van der Waals surface area contributed by atoms with Crippen LogP contribution in [0.4, 0.5) is 0 Å². The number of nitrogens with zero attached hydrogens (tertiary/aromatic N) is 5. The normalized spacial score (nSPS) is 25.4. The number of ether oxygens (including phenoxy) is 2. The zero-order valence-electron chi connectivity index (χ0n) is 14.5. The summed E-state index contributed by atoms with van der Waals surface area (Å²) in [6.07, 6.45) is 6.26. The summed E-state index contributed by atoms with van der Waals surface area (Å²) in [5, 5.41) is 4.55. The van der Waals surface area contributed by atoms with Crippen molar-refractivity contribution in [2.75, 3.05) is 26.3 Å². The van der Waals surface area contributed by atoms with Gasteiger partial charge in [0.05, 0.1) is 19.4 Å². The first-order valence-corrected chi connectivity index (χ1v) is 9.50. The molecule has 2 fully saturated rings. The van der Waals surface area contributed by atoms with Gasteiger partial charge in [0.2, 0.25) is 11.2 Å². The van der Waals surface area contributed by atoms with Gasteiger partial charge >= 0.3 is 0 Å². The van der Waals surface area contributed by atoms with Crippen molar-refractivity contribution in [3.8, 4) is 5.88 Å². The molecule has 0 spiro atoms. The summed E-state index contributed by atoms with van der Waals surface area (Å²) in [4.78, 5) is 11.1. The van der Waals surface area contributed by atoms with Crippen molar-refractivity contribution in [1.82, 2.24) is 24.6 Å². The summed E-state index contributed by atoms with van der Waals surface area (Å²) in [6, 6.07) is 0.652. The van der Waals surface area contributed by atoms with Crippen LogP contribution in [0.1, 0.15) is 32.6 Å². The van der Waals surface area contributed by atoms with Crippen molar-refractivity contribution < 1.29 is 9.47 Å². The molecule has 8 heteroatoms. The molecule has 1 aliphatic heterocycles. The van der Waals surface area contributed by atoms with E-state index in [0.29, 0.717) is 11.9 Å². The Hall–Kier alpha value is -1.44. The summed E-state index contributed by atoms with van der Waals surface area (Å²) in [7, 11) is 0. The monoisotopic (exact) mass is 365 g/mol. The predicted molar refractivity (Wildman–Crippen MR) is 95.1 cm³/mol. The highest BCUT2D eigenvalue weighted by Crippen LogP contribution is 2.30. The lowest BCUT2D eigenvalue weighted by molar-refractivity contribution is -0.00129. The van der Waals surface area contributed by atoms with Crippen molar-refractivity contribution in [3.05, 3.63) is 11.5 Å². The van der Waals surface area contributed by atoms with Crippen LogP contribution in [0.5, 0.6) is 5.88 Å². The summed E-state index contributed by atoms with van der Waals surface area (Å²) < 4.78 is 13.6. The quantitative estimate of drug-likeness (QED) is 0.776. The van der Waals surface area contributed by atoms with E-state index in [1.807, 2.05) is 11.6 Å². The van der Waals surface area contributed by atoms with Gasteiger partial charge in [0.25, 0.3) is 0 Å². The van der Waals surface area contributed by atoms with Gasteiger partial charge in [0.15, 0.2) is 0 Å². The minimum Gasteiger partial charge on any atom is -0.473 e. The van der Waals surface area contributed by atoms with Gasteiger partial charge in [-0.05, 0) is 44.2 Å². The molecule has 3 heterocycles. The molecule has 136 valence electrons. The SMILES string of the molecule is CCn1ncc2nc(Cl)nc(O[C@H]3CC[C@H](N4CCOCC4)CC3)c21. The molecular weight excluding hydrogens is 342 g/mol. The Balaban J connectivity index is 1.45. The number of fused-ring (bicyclic) bond motifs is 1. The van der Waals surface area contributed by atoms with E-state index in [4.69, 9.17) is 21.1 Å². The van der Waals surface area contributed by atoms with Gasteiger partial charge in [-0.15, -0.1) is 0 Å². The second-order valence-corrected chi connectivity index (χ2v) is 7.03. The number of aryl methyl sites for hydroxylation is 1. The fourth-order valence-electron chi connectivity index (χ4n) is 3.89. The van der Waals surface area contributed by atoms with Gasteiger partial charge in [0.1, 0.15) is 17.1 Å². The van der Waals surface area contributed by atoms with E-state index >= 15 is 0 Å². The topological polar surface area (TPSA) is 65.3 Å². The van der Waals surface area contributed by atoms with Crippen LogP contribution in [0.2, 0.25) is 5.28 Å². The third-order valence-corrected chi connectivity index (χ3v) is 5.38. The molecule has 1 aliphatic carbocycles. The molecule has 7 nitrogen and oxygen atoms in total. The van der Waals surface area contributed by atoms with Crippen LogP contribution in [0.25, 0.3) is 11.0 Å². The van der Waals surface area contributed by atoms with Crippen LogP contribution in [0.3, 0.4) is 0 Å². The fourth-order valence-corrected chi connectivity index (χ4v) is 4.06.